The summed E-state index contributed by atoms with van der Waals surface area (Å²) in [6.45, 7) is 5.40. The van der Waals surface area contributed by atoms with E-state index in [9.17, 15) is 9.59 Å². The molecule has 1 fully saturated rings. The van der Waals surface area contributed by atoms with Crippen molar-refractivity contribution in [3.63, 3.8) is 0 Å². The van der Waals surface area contributed by atoms with Gasteiger partial charge in [-0.3, -0.25) is 4.79 Å². The number of halogens is 1. The van der Waals surface area contributed by atoms with Gasteiger partial charge in [0.2, 0.25) is 0 Å². The molecule has 6 nitrogen and oxygen atoms in total. The normalized spacial score (nSPS) is 19.8. The molecule has 24 heavy (non-hydrogen) atoms. The average molecular weight is 355 g/mol. The van der Waals surface area contributed by atoms with Crippen molar-refractivity contribution in [1.82, 2.24) is 10.6 Å². The van der Waals surface area contributed by atoms with Gasteiger partial charge in [-0.05, 0) is 57.9 Å². The average Bonchev–Trinajstić information content (AvgIpc) is 2.42. The summed E-state index contributed by atoms with van der Waals surface area (Å²) in [7, 11) is 0. The third-order valence-electron chi connectivity index (χ3n) is 3.41. The fraction of sp³-hybridized carbons (Fsp3) is 0.529. The Balaban J connectivity index is 1.61. The van der Waals surface area contributed by atoms with Crippen LogP contribution in [0.3, 0.4) is 0 Å². The Bertz CT molecular complexity index is 577. The van der Waals surface area contributed by atoms with Crippen molar-refractivity contribution in [1.29, 1.82) is 0 Å². The predicted octanol–water partition coefficient (Wildman–Crippen LogP) is 2.89. The fourth-order valence-electron chi connectivity index (χ4n) is 2.28. The lowest BCUT2D eigenvalue weighted by molar-refractivity contribution is -0.124. The summed E-state index contributed by atoms with van der Waals surface area (Å²) in [5.41, 5.74) is -0.513. The SMILES string of the molecule is CC(C)(C)OC(=O)NC1CC(NC(=O)COc2ccc(Cl)cc2)C1. The molecule has 0 bridgehead atoms. The molecule has 1 aliphatic rings. The van der Waals surface area contributed by atoms with Crippen LogP contribution < -0.4 is 15.4 Å². The van der Waals surface area contributed by atoms with E-state index in [0.29, 0.717) is 23.6 Å². The lowest BCUT2D eigenvalue weighted by Crippen LogP contribution is -2.55. The van der Waals surface area contributed by atoms with Crippen molar-refractivity contribution in [2.45, 2.75) is 51.3 Å². The van der Waals surface area contributed by atoms with E-state index in [0.717, 1.165) is 0 Å². The van der Waals surface area contributed by atoms with Crippen molar-refractivity contribution in [3.8, 4) is 5.75 Å². The molecule has 0 radical (unpaired) electrons. The maximum atomic E-state index is 11.8. The van der Waals surface area contributed by atoms with Crippen LogP contribution in [0.2, 0.25) is 5.02 Å². The molecule has 0 unspecified atom stereocenters. The maximum absolute atomic E-state index is 11.8. The summed E-state index contributed by atoms with van der Waals surface area (Å²) < 4.78 is 10.6. The number of alkyl carbamates (subject to hydrolysis) is 1. The smallest absolute Gasteiger partial charge is 0.407 e. The van der Waals surface area contributed by atoms with Crippen LogP contribution in [0.25, 0.3) is 0 Å². The molecular formula is C17H23ClN2O4. The second-order valence-electron chi connectivity index (χ2n) is 6.82. The van der Waals surface area contributed by atoms with Crippen molar-refractivity contribution >= 4 is 23.6 Å². The van der Waals surface area contributed by atoms with Gasteiger partial charge in [0, 0.05) is 17.1 Å². The lowest BCUT2D eigenvalue weighted by Gasteiger charge is -2.36. The van der Waals surface area contributed by atoms with E-state index in [1.54, 1.807) is 24.3 Å². The lowest BCUT2D eigenvalue weighted by atomic mass is 9.87. The molecule has 0 aromatic heterocycles. The third-order valence-corrected chi connectivity index (χ3v) is 3.66. The molecule has 0 atom stereocenters. The van der Waals surface area contributed by atoms with Crippen LogP contribution in [0.1, 0.15) is 33.6 Å². The molecular weight excluding hydrogens is 332 g/mol. The van der Waals surface area contributed by atoms with Crippen LogP contribution in [0.5, 0.6) is 5.75 Å². The highest BCUT2D eigenvalue weighted by Crippen LogP contribution is 2.21. The molecule has 0 spiro atoms. The summed E-state index contributed by atoms with van der Waals surface area (Å²) in [6, 6.07) is 6.90. The molecule has 0 heterocycles. The summed E-state index contributed by atoms with van der Waals surface area (Å²) in [6.07, 6.45) is 0.945. The Morgan fingerprint density at radius 3 is 2.29 bits per heavy atom. The topological polar surface area (TPSA) is 76.7 Å². The van der Waals surface area contributed by atoms with Crippen molar-refractivity contribution in [2.75, 3.05) is 6.61 Å². The number of benzene rings is 1. The molecule has 7 heteroatoms. The number of nitrogens with one attached hydrogen (secondary N) is 2. The summed E-state index contributed by atoms with van der Waals surface area (Å²) in [5, 5.41) is 6.27. The monoisotopic (exact) mass is 354 g/mol. The van der Waals surface area contributed by atoms with Gasteiger partial charge in [0.25, 0.3) is 5.91 Å². The highest BCUT2D eigenvalue weighted by atomic mass is 35.5. The summed E-state index contributed by atoms with van der Waals surface area (Å²) in [4.78, 5) is 23.5. The minimum atomic E-state index is -0.513. The van der Waals surface area contributed by atoms with Gasteiger partial charge in [-0.25, -0.2) is 4.79 Å². The summed E-state index contributed by atoms with van der Waals surface area (Å²) >= 11 is 5.78. The molecule has 2 amide bonds. The van der Waals surface area contributed by atoms with Gasteiger partial charge in [0.1, 0.15) is 11.4 Å². The van der Waals surface area contributed by atoms with Crippen LogP contribution in [0, 0.1) is 0 Å². The fourth-order valence-corrected chi connectivity index (χ4v) is 2.40. The Labute approximate surface area is 146 Å². The predicted molar refractivity (Wildman–Crippen MR) is 91.3 cm³/mol. The molecule has 2 N–H and O–H groups in total. The van der Waals surface area contributed by atoms with Gasteiger partial charge in [0.05, 0.1) is 0 Å². The van der Waals surface area contributed by atoms with E-state index >= 15 is 0 Å². The quantitative estimate of drug-likeness (QED) is 0.852. The number of amides is 2. The van der Waals surface area contributed by atoms with Gasteiger partial charge in [-0.2, -0.15) is 0 Å². The second kappa shape index (κ2) is 7.75. The van der Waals surface area contributed by atoms with E-state index in [4.69, 9.17) is 21.1 Å². The van der Waals surface area contributed by atoms with Gasteiger partial charge >= 0.3 is 6.09 Å². The van der Waals surface area contributed by atoms with E-state index in [1.807, 2.05) is 20.8 Å². The van der Waals surface area contributed by atoms with Crippen molar-refractivity contribution < 1.29 is 19.1 Å². The zero-order valence-corrected chi connectivity index (χ0v) is 14.9. The first-order chi connectivity index (χ1) is 11.2. The van der Waals surface area contributed by atoms with Crippen LogP contribution in [-0.4, -0.2) is 36.3 Å². The number of rotatable bonds is 5. The van der Waals surface area contributed by atoms with Gasteiger partial charge in [-0.1, -0.05) is 11.6 Å². The Kier molecular flexibility index (Phi) is 5.94. The number of ether oxygens (including phenoxy) is 2. The standard InChI is InChI=1S/C17H23ClN2O4/c1-17(2,3)24-16(22)20-13-8-12(9-13)19-15(21)10-23-14-6-4-11(18)5-7-14/h4-7,12-13H,8-10H2,1-3H3,(H,19,21)(H,20,22). The van der Waals surface area contributed by atoms with Crippen LogP contribution >= 0.6 is 11.6 Å². The first-order valence-electron chi connectivity index (χ1n) is 7.88. The van der Waals surface area contributed by atoms with Crippen molar-refractivity contribution in [3.05, 3.63) is 29.3 Å². The van der Waals surface area contributed by atoms with Crippen LogP contribution in [0.4, 0.5) is 4.79 Å². The maximum Gasteiger partial charge on any atom is 0.407 e. The zero-order valence-electron chi connectivity index (χ0n) is 14.1. The number of carbonyl (C=O) groups excluding carboxylic acids is 2. The molecule has 0 saturated heterocycles. The Morgan fingerprint density at radius 1 is 1.12 bits per heavy atom. The van der Waals surface area contributed by atoms with Crippen LogP contribution in [0.15, 0.2) is 24.3 Å². The molecule has 1 saturated carbocycles. The highest BCUT2D eigenvalue weighted by molar-refractivity contribution is 6.30. The van der Waals surface area contributed by atoms with E-state index in [2.05, 4.69) is 10.6 Å². The van der Waals surface area contributed by atoms with Gasteiger partial charge < -0.3 is 20.1 Å². The Hall–Kier alpha value is -1.95. The zero-order chi connectivity index (χ0) is 17.7. The third kappa shape index (κ3) is 6.28. The van der Waals surface area contributed by atoms with Gasteiger partial charge in [0.15, 0.2) is 6.61 Å². The number of hydrogen-bond acceptors (Lipinski definition) is 4. The largest absolute Gasteiger partial charge is 0.484 e. The van der Waals surface area contributed by atoms with Gasteiger partial charge in [-0.15, -0.1) is 0 Å². The van der Waals surface area contributed by atoms with E-state index < -0.39 is 11.7 Å². The molecule has 1 aliphatic carbocycles. The molecule has 132 valence electrons. The first-order valence-corrected chi connectivity index (χ1v) is 8.26. The molecule has 2 rings (SSSR count). The first kappa shape index (κ1) is 18.4. The minimum absolute atomic E-state index is 0.0299. The summed E-state index contributed by atoms with van der Waals surface area (Å²) in [5.74, 6) is 0.401. The highest BCUT2D eigenvalue weighted by Gasteiger charge is 2.32. The van der Waals surface area contributed by atoms with Crippen LogP contribution in [-0.2, 0) is 9.53 Å². The van der Waals surface area contributed by atoms with Crippen molar-refractivity contribution in [2.24, 2.45) is 0 Å². The van der Waals surface area contributed by atoms with E-state index in [1.165, 1.54) is 0 Å². The Morgan fingerprint density at radius 2 is 1.71 bits per heavy atom. The minimum Gasteiger partial charge on any atom is -0.484 e. The number of hydrogen-bond donors (Lipinski definition) is 2. The molecule has 1 aromatic carbocycles. The molecule has 1 aromatic rings. The second-order valence-corrected chi connectivity index (χ2v) is 7.26. The number of carbonyl (C=O) groups is 2. The molecule has 0 aliphatic heterocycles. The van der Waals surface area contributed by atoms with E-state index in [-0.39, 0.29) is 24.6 Å².